The highest BCUT2D eigenvalue weighted by atomic mass is 16.2. The van der Waals surface area contributed by atoms with Crippen molar-refractivity contribution in [2.75, 3.05) is 0 Å². The number of carbonyl (C=O) groups excluding carboxylic acids is 1. The van der Waals surface area contributed by atoms with Crippen LogP contribution >= 0.6 is 0 Å². The number of rotatable bonds is 3. The second-order valence-corrected chi connectivity index (χ2v) is 4.29. The van der Waals surface area contributed by atoms with Crippen molar-refractivity contribution in [1.82, 2.24) is 5.31 Å². The molecule has 1 saturated carbocycles. The highest BCUT2D eigenvalue weighted by Gasteiger charge is 2.45. The first-order chi connectivity index (χ1) is 7.19. The summed E-state index contributed by atoms with van der Waals surface area (Å²) in [5.41, 5.74) is -0.523. The monoisotopic (exact) mass is 195 g/mol. The smallest absolute Gasteiger partial charge is 0.253 e. The van der Waals surface area contributed by atoms with Gasteiger partial charge < -0.3 is 5.31 Å². The molecule has 1 aliphatic heterocycles. The minimum absolute atomic E-state index is 0.0916. The van der Waals surface area contributed by atoms with E-state index in [1.807, 2.05) is 0 Å². The Labute approximate surface area is 86.4 Å². The van der Waals surface area contributed by atoms with Crippen LogP contribution < -0.4 is 5.31 Å². The molecule has 3 nitrogen and oxygen atoms in total. The van der Waals surface area contributed by atoms with Gasteiger partial charge in [-0.25, -0.2) is 0 Å². The molecule has 0 radical (unpaired) electrons. The molecule has 0 aromatic rings. The third kappa shape index (κ3) is 1.56. The van der Waals surface area contributed by atoms with Crippen LogP contribution in [0, 0.1) is 0 Å². The van der Waals surface area contributed by atoms with Crippen molar-refractivity contribution < 1.29 is 6.21 Å². The molecule has 1 spiro atoms. The molecule has 0 saturated heterocycles. The van der Waals surface area contributed by atoms with Gasteiger partial charge in [0, 0.05) is 6.42 Å². The van der Waals surface area contributed by atoms with Gasteiger partial charge in [-0.05, 0) is 19.3 Å². The van der Waals surface area contributed by atoms with Crippen LogP contribution in [-0.2, 0) is 4.79 Å². The fourth-order valence-corrected chi connectivity index (χ4v) is 2.27. The van der Waals surface area contributed by atoms with E-state index in [1.54, 1.807) is 0 Å². The first kappa shape index (κ1) is 8.45. The Kier molecular flexibility index (Phi) is 2.24. The number of amidine groups is 1. The summed E-state index contributed by atoms with van der Waals surface area (Å²) >= 11 is 0. The van der Waals surface area contributed by atoms with Crippen molar-refractivity contribution in [1.29, 1.82) is 0 Å². The third-order valence-corrected chi connectivity index (χ3v) is 3.16. The largest absolute Gasteiger partial charge is 0.312 e. The maximum Gasteiger partial charge on any atom is 0.253 e. The molecule has 0 atom stereocenters. The van der Waals surface area contributed by atoms with Crippen molar-refractivity contribution >= 4 is 11.7 Å². The fourth-order valence-electron chi connectivity index (χ4n) is 2.27. The van der Waals surface area contributed by atoms with Crippen molar-refractivity contribution in [3.63, 3.8) is 0 Å². The fraction of sp³-hybridized carbons (Fsp3) is 0.818. The van der Waals surface area contributed by atoms with Crippen LogP contribution in [0.25, 0.3) is 0 Å². The number of aliphatic imine (C=N–C) groups is 1. The number of unbranched alkanes of at least 4 members (excludes halogenated alkanes) is 1. The van der Waals surface area contributed by atoms with E-state index in [9.17, 15) is 4.79 Å². The topological polar surface area (TPSA) is 41.5 Å². The minimum Gasteiger partial charge on any atom is -0.312 e. The van der Waals surface area contributed by atoms with Gasteiger partial charge in [-0.2, -0.15) is 0 Å². The van der Waals surface area contributed by atoms with Crippen LogP contribution in [0.4, 0.5) is 0 Å². The Morgan fingerprint density at radius 1 is 1.57 bits per heavy atom. The molecule has 1 heterocycles. The molecule has 2 aliphatic rings. The van der Waals surface area contributed by atoms with E-state index in [0.717, 1.165) is 50.3 Å². The Morgan fingerprint density at radius 2 is 2.29 bits per heavy atom. The molecule has 78 valence electrons. The average molecular weight is 195 g/mol. The molecule has 1 amide bonds. The summed E-state index contributed by atoms with van der Waals surface area (Å²) in [4.78, 5) is 16.5. The van der Waals surface area contributed by atoms with E-state index in [-0.39, 0.29) is 5.91 Å². The summed E-state index contributed by atoms with van der Waals surface area (Å²) in [6.45, 7) is 2.11. The van der Waals surface area contributed by atoms with Crippen LogP contribution in [-0.4, -0.2) is 17.3 Å². The van der Waals surface area contributed by atoms with E-state index in [4.69, 9.17) is 1.41 Å². The maximum absolute atomic E-state index is 11.9. The number of hydrogen-bond acceptors (Lipinski definition) is 2. The zero-order chi connectivity index (χ0) is 10.9. The lowest BCUT2D eigenvalue weighted by Crippen LogP contribution is -2.37. The molecule has 1 fully saturated rings. The standard InChI is InChI=1S/C11H18N2O/c1-2-3-6-9-12-10(14)11(13-9)7-4-5-8-11/h2-8H2,1H3,(H,12,13,14)/i/hD. The first-order valence-corrected chi connectivity index (χ1v) is 5.62. The predicted molar refractivity (Wildman–Crippen MR) is 56.3 cm³/mol. The van der Waals surface area contributed by atoms with Gasteiger partial charge in [0.25, 0.3) is 5.91 Å². The zero-order valence-electron chi connectivity index (χ0n) is 9.75. The van der Waals surface area contributed by atoms with E-state index >= 15 is 0 Å². The van der Waals surface area contributed by atoms with Crippen LogP contribution in [0.1, 0.15) is 51.9 Å². The zero-order valence-corrected chi connectivity index (χ0v) is 8.75. The van der Waals surface area contributed by atoms with Crippen LogP contribution in [0.3, 0.4) is 0 Å². The molecule has 0 unspecified atom stereocenters. The van der Waals surface area contributed by atoms with E-state index in [0.29, 0.717) is 5.84 Å². The molecule has 0 aromatic heterocycles. The number of nitrogens with one attached hydrogen (secondary N) is 1. The summed E-state index contributed by atoms with van der Waals surface area (Å²) < 4.78 is 7.72. The van der Waals surface area contributed by atoms with Gasteiger partial charge in [-0.15, -0.1) is 0 Å². The Morgan fingerprint density at radius 3 is 2.93 bits per heavy atom. The quantitative estimate of drug-likeness (QED) is 0.735. The lowest BCUT2D eigenvalue weighted by atomic mass is 9.99. The highest BCUT2D eigenvalue weighted by molar-refractivity contribution is 6.08. The normalized spacial score (nSPS) is 25.8. The van der Waals surface area contributed by atoms with Gasteiger partial charge >= 0.3 is 0 Å². The third-order valence-electron chi connectivity index (χ3n) is 3.16. The minimum atomic E-state index is -0.523. The number of hydrogen-bond donors (Lipinski definition) is 1. The van der Waals surface area contributed by atoms with Gasteiger partial charge in [-0.3, -0.25) is 9.79 Å². The lowest BCUT2D eigenvalue weighted by Gasteiger charge is -2.14. The molecule has 2 rings (SSSR count). The molecule has 3 heteroatoms. The van der Waals surface area contributed by atoms with Gasteiger partial charge in [0.05, 0.1) is 0 Å². The van der Waals surface area contributed by atoms with Crippen LogP contribution in [0.2, 0.25) is 1.41 Å². The summed E-state index contributed by atoms with van der Waals surface area (Å²) in [6.07, 6.45) is 6.70. The average Bonchev–Trinajstić information content (AvgIpc) is 2.79. The van der Waals surface area contributed by atoms with Crippen molar-refractivity contribution in [2.45, 2.75) is 57.4 Å². The molecular weight excluding hydrogens is 176 g/mol. The molecule has 1 N–H and O–H groups in total. The van der Waals surface area contributed by atoms with Crippen molar-refractivity contribution in [2.24, 2.45) is 4.99 Å². The number of amides is 1. The van der Waals surface area contributed by atoms with Gasteiger partial charge in [0.15, 0.2) is 1.41 Å². The van der Waals surface area contributed by atoms with Gasteiger partial charge in [0.2, 0.25) is 0 Å². The Bertz CT molecular complexity index is 295. The van der Waals surface area contributed by atoms with Crippen molar-refractivity contribution in [3.05, 3.63) is 0 Å². The van der Waals surface area contributed by atoms with E-state index in [2.05, 4.69) is 11.9 Å². The van der Waals surface area contributed by atoms with Crippen LogP contribution in [0.5, 0.6) is 0 Å². The molecule has 1 aliphatic carbocycles. The number of nitrogens with zero attached hydrogens (tertiary/aromatic N) is 1. The van der Waals surface area contributed by atoms with Crippen molar-refractivity contribution in [3.8, 4) is 0 Å². The van der Waals surface area contributed by atoms with Crippen LogP contribution in [0.15, 0.2) is 4.99 Å². The second kappa shape index (κ2) is 3.71. The summed E-state index contributed by atoms with van der Waals surface area (Å²) in [5, 5.41) is 1.04. The SMILES string of the molecule is [2H]N1C(=O)C2(CCCC2)N=C1CCCC. The highest BCUT2D eigenvalue weighted by Crippen LogP contribution is 2.36. The van der Waals surface area contributed by atoms with E-state index < -0.39 is 5.54 Å². The summed E-state index contributed by atoms with van der Waals surface area (Å²) in [6, 6.07) is 0. The number of carbonyl (C=O) groups is 1. The van der Waals surface area contributed by atoms with E-state index in [1.165, 1.54) is 0 Å². The lowest BCUT2D eigenvalue weighted by molar-refractivity contribution is -0.123. The molecular formula is C11H18N2O. The van der Waals surface area contributed by atoms with Gasteiger partial charge in [-0.1, -0.05) is 26.2 Å². The Hall–Kier alpha value is -0.860. The molecule has 0 aromatic carbocycles. The molecule has 0 bridgehead atoms. The Balaban J connectivity index is 2.14. The summed E-state index contributed by atoms with van der Waals surface area (Å²) in [7, 11) is 0. The second-order valence-electron chi connectivity index (χ2n) is 4.29. The van der Waals surface area contributed by atoms with Gasteiger partial charge in [0.1, 0.15) is 11.4 Å². The summed E-state index contributed by atoms with van der Waals surface area (Å²) in [5.74, 6) is 0.592. The molecule has 14 heavy (non-hydrogen) atoms. The predicted octanol–water partition coefficient (Wildman–Crippen LogP) is 2.02. The maximum atomic E-state index is 11.9. The first-order valence-electron chi connectivity index (χ1n) is 6.06.